The maximum atomic E-state index is 12.6. The Bertz CT molecular complexity index is 1140. The van der Waals surface area contributed by atoms with Crippen molar-refractivity contribution in [3.05, 3.63) is 83.6 Å². The first-order chi connectivity index (χ1) is 16.9. The van der Waals surface area contributed by atoms with E-state index in [1.807, 2.05) is 43.3 Å². The van der Waals surface area contributed by atoms with Crippen LogP contribution in [0.25, 0.3) is 0 Å². The molecule has 2 unspecified atom stereocenters. The van der Waals surface area contributed by atoms with Gasteiger partial charge in [0.2, 0.25) is 5.91 Å². The van der Waals surface area contributed by atoms with Crippen LogP contribution in [0.5, 0.6) is 0 Å². The molecule has 1 fully saturated rings. The number of carbonyl (C=O) groups is 3. The van der Waals surface area contributed by atoms with Crippen LogP contribution < -0.4 is 21.3 Å². The van der Waals surface area contributed by atoms with Gasteiger partial charge in [0.05, 0.1) is 5.69 Å². The largest absolute Gasteiger partial charge is 0.348 e. The van der Waals surface area contributed by atoms with Gasteiger partial charge in [0.1, 0.15) is 5.82 Å². The Morgan fingerprint density at radius 1 is 1.06 bits per heavy atom. The Kier molecular flexibility index (Phi) is 7.57. The van der Waals surface area contributed by atoms with E-state index < -0.39 is 18.1 Å². The van der Waals surface area contributed by atoms with Crippen molar-refractivity contribution < 1.29 is 14.4 Å². The summed E-state index contributed by atoms with van der Waals surface area (Å²) in [5.41, 5.74) is 2.93. The van der Waals surface area contributed by atoms with Crippen molar-refractivity contribution >= 4 is 23.5 Å². The van der Waals surface area contributed by atoms with Crippen LogP contribution in [0.2, 0.25) is 0 Å². The van der Waals surface area contributed by atoms with E-state index in [-0.39, 0.29) is 17.9 Å². The minimum Gasteiger partial charge on any atom is -0.348 e. The number of hydrogen-bond donors (Lipinski definition) is 4. The van der Waals surface area contributed by atoms with Gasteiger partial charge in [-0.05, 0) is 31.4 Å². The average Bonchev–Trinajstić information content (AvgIpc) is 3.22. The van der Waals surface area contributed by atoms with Gasteiger partial charge in [0.25, 0.3) is 0 Å². The molecular formula is C26H30N6O3. The summed E-state index contributed by atoms with van der Waals surface area (Å²) in [4.78, 5) is 37.1. The summed E-state index contributed by atoms with van der Waals surface area (Å²) in [5, 5.41) is 15.7. The van der Waals surface area contributed by atoms with Gasteiger partial charge in [0.15, 0.2) is 6.29 Å². The third-order valence-electron chi connectivity index (χ3n) is 5.90. The summed E-state index contributed by atoms with van der Waals surface area (Å²) < 4.78 is 1.47. The molecule has 0 saturated carbocycles. The van der Waals surface area contributed by atoms with E-state index in [0.29, 0.717) is 30.9 Å². The summed E-state index contributed by atoms with van der Waals surface area (Å²) in [6.45, 7) is 4.00. The number of hydrogen-bond acceptors (Lipinski definition) is 5. The predicted octanol–water partition coefficient (Wildman–Crippen LogP) is 2.42. The van der Waals surface area contributed by atoms with Crippen LogP contribution in [-0.4, -0.2) is 40.1 Å². The Balaban J connectivity index is 1.38. The van der Waals surface area contributed by atoms with Crippen LogP contribution in [0.1, 0.15) is 48.8 Å². The molecule has 4 rings (SSSR count). The number of nitrogens with zero attached hydrogens (tertiary/aromatic N) is 2. The van der Waals surface area contributed by atoms with Gasteiger partial charge in [-0.25, -0.2) is 4.68 Å². The molecule has 1 aliphatic heterocycles. The third kappa shape index (κ3) is 6.13. The van der Waals surface area contributed by atoms with Gasteiger partial charge >= 0.3 is 11.8 Å². The van der Waals surface area contributed by atoms with E-state index in [9.17, 15) is 14.4 Å². The lowest BCUT2D eigenvalue weighted by Gasteiger charge is -2.30. The molecule has 0 radical (unpaired) electrons. The molecule has 2 heterocycles. The Hall–Kier alpha value is -3.98. The smallest absolute Gasteiger partial charge is 0.314 e. The lowest BCUT2D eigenvalue weighted by atomic mass is 9.88. The molecule has 3 amide bonds. The van der Waals surface area contributed by atoms with Crippen LogP contribution in [0.3, 0.4) is 0 Å². The molecule has 1 aliphatic rings. The zero-order chi connectivity index (χ0) is 24.8. The monoisotopic (exact) mass is 474 g/mol. The minimum absolute atomic E-state index is 0.0488. The number of benzene rings is 2. The molecule has 1 aromatic heterocycles. The maximum Gasteiger partial charge on any atom is 0.314 e. The lowest BCUT2D eigenvalue weighted by Crippen LogP contribution is -2.52. The van der Waals surface area contributed by atoms with Crippen molar-refractivity contribution in [2.75, 3.05) is 11.9 Å². The van der Waals surface area contributed by atoms with Crippen LogP contribution in [0.15, 0.2) is 66.7 Å². The quantitative estimate of drug-likeness (QED) is 0.393. The molecule has 0 aliphatic carbocycles. The first kappa shape index (κ1) is 24.2. The Morgan fingerprint density at radius 3 is 2.29 bits per heavy atom. The van der Waals surface area contributed by atoms with Gasteiger partial charge in [-0.15, -0.1) is 0 Å². The third-order valence-corrected chi connectivity index (χ3v) is 5.90. The fraction of sp³-hybridized carbons (Fsp3) is 0.308. The molecule has 35 heavy (non-hydrogen) atoms. The standard InChI is InChI=1S/C26H30N6O3/c1-17-16-23(33)30-26(28-17)32-22(15-18(2)31-32)29-25(35)24(34)27-14-13-21(19-9-5-3-6-10-19)20-11-7-4-8-12-20/h3-12,15,17,21,26,28H,13-14,16H2,1-2H3,(H,27,34)(H,29,35)(H,30,33). The fourth-order valence-corrected chi connectivity index (χ4v) is 4.28. The maximum absolute atomic E-state index is 12.6. The molecule has 0 spiro atoms. The van der Waals surface area contributed by atoms with Crippen molar-refractivity contribution in [2.24, 2.45) is 0 Å². The van der Waals surface area contributed by atoms with E-state index >= 15 is 0 Å². The predicted molar refractivity (Wildman–Crippen MR) is 132 cm³/mol. The lowest BCUT2D eigenvalue weighted by molar-refractivity contribution is -0.136. The molecule has 2 atom stereocenters. The first-order valence-corrected chi connectivity index (χ1v) is 11.7. The highest BCUT2D eigenvalue weighted by atomic mass is 16.2. The molecule has 4 N–H and O–H groups in total. The molecule has 9 heteroatoms. The van der Waals surface area contributed by atoms with Crippen LogP contribution in [0.4, 0.5) is 5.82 Å². The number of aromatic nitrogens is 2. The van der Waals surface area contributed by atoms with Gasteiger partial charge in [-0.3, -0.25) is 19.7 Å². The first-order valence-electron chi connectivity index (χ1n) is 11.7. The highest BCUT2D eigenvalue weighted by Crippen LogP contribution is 2.27. The number of anilines is 1. The zero-order valence-electron chi connectivity index (χ0n) is 19.8. The van der Waals surface area contributed by atoms with Crippen LogP contribution in [0, 0.1) is 6.92 Å². The molecule has 0 bridgehead atoms. The molecule has 9 nitrogen and oxygen atoms in total. The molecule has 3 aromatic rings. The number of amides is 3. The summed E-state index contributed by atoms with van der Waals surface area (Å²) in [6.07, 6.45) is 0.379. The zero-order valence-corrected chi connectivity index (χ0v) is 19.8. The topological polar surface area (TPSA) is 117 Å². The summed E-state index contributed by atoms with van der Waals surface area (Å²) in [6, 6.07) is 21.8. The second-order valence-electron chi connectivity index (χ2n) is 8.73. The van der Waals surface area contributed by atoms with E-state index in [2.05, 4.69) is 50.6 Å². The van der Waals surface area contributed by atoms with Gasteiger partial charge in [-0.1, -0.05) is 60.7 Å². The van der Waals surface area contributed by atoms with E-state index in [1.165, 1.54) is 4.68 Å². The van der Waals surface area contributed by atoms with Crippen LogP contribution >= 0.6 is 0 Å². The summed E-state index contributed by atoms with van der Waals surface area (Å²) >= 11 is 0. The van der Waals surface area contributed by atoms with Crippen LogP contribution in [-0.2, 0) is 14.4 Å². The van der Waals surface area contributed by atoms with Crippen molar-refractivity contribution in [3.63, 3.8) is 0 Å². The molecule has 182 valence electrons. The SMILES string of the molecule is Cc1cc(NC(=O)C(=O)NCCC(c2ccccc2)c2ccccc2)n(C2NC(=O)CC(C)N2)n1. The highest BCUT2D eigenvalue weighted by molar-refractivity contribution is 6.39. The molecule has 2 aromatic carbocycles. The van der Waals surface area contributed by atoms with E-state index in [4.69, 9.17) is 0 Å². The normalized spacial score (nSPS) is 17.6. The number of nitrogens with one attached hydrogen (secondary N) is 4. The highest BCUT2D eigenvalue weighted by Gasteiger charge is 2.27. The van der Waals surface area contributed by atoms with Gasteiger partial charge < -0.3 is 16.0 Å². The number of carbonyl (C=O) groups excluding carboxylic acids is 3. The van der Waals surface area contributed by atoms with E-state index in [0.717, 1.165) is 11.1 Å². The van der Waals surface area contributed by atoms with Crippen molar-refractivity contribution in [3.8, 4) is 0 Å². The van der Waals surface area contributed by atoms with Gasteiger partial charge in [0, 0.05) is 31.0 Å². The number of aryl methyl sites for hydroxylation is 1. The Labute approximate surface area is 204 Å². The molecular weight excluding hydrogens is 444 g/mol. The van der Waals surface area contributed by atoms with Gasteiger partial charge in [-0.2, -0.15) is 5.10 Å². The molecule has 1 saturated heterocycles. The average molecular weight is 475 g/mol. The fourth-order valence-electron chi connectivity index (χ4n) is 4.28. The second-order valence-corrected chi connectivity index (χ2v) is 8.73. The Morgan fingerprint density at radius 2 is 1.69 bits per heavy atom. The number of rotatable bonds is 7. The van der Waals surface area contributed by atoms with E-state index in [1.54, 1.807) is 13.0 Å². The van der Waals surface area contributed by atoms with Crippen molar-refractivity contribution in [2.45, 2.75) is 44.9 Å². The van der Waals surface area contributed by atoms with Crippen molar-refractivity contribution in [1.29, 1.82) is 0 Å². The second kappa shape index (κ2) is 11.0. The summed E-state index contributed by atoms with van der Waals surface area (Å²) in [7, 11) is 0. The summed E-state index contributed by atoms with van der Waals surface area (Å²) in [5.74, 6) is -1.23. The van der Waals surface area contributed by atoms with Crippen molar-refractivity contribution in [1.82, 2.24) is 25.7 Å². The minimum atomic E-state index is -0.794.